The summed E-state index contributed by atoms with van der Waals surface area (Å²) < 4.78 is 0. The van der Waals surface area contributed by atoms with E-state index in [4.69, 9.17) is 0 Å². The molecule has 0 saturated heterocycles. The highest BCUT2D eigenvalue weighted by atomic mass is 15.3. The Bertz CT molecular complexity index is 4010. The molecule has 3 aliphatic heterocycles. The fraction of sp³-hybridized carbons (Fsp3) is 0.400. The van der Waals surface area contributed by atoms with Gasteiger partial charge in [0.05, 0.1) is 11.2 Å². The lowest BCUT2D eigenvalue weighted by molar-refractivity contribution is 0.195. The van der Waals surface area contributed by atoms with Crippen molar-refractivity contribution >= 4 is 85.7 Å². The largest absolute Gasteiger partial charge is 0.334 e. The first-order valence-electron chi connectivity index (χ1n) is 32.5. The molecule has 8 aromatic rings. The second-order valence-electron chi connectivity index (χ2n) is 31.6. The summed E-state index contributed by atoms with van der Waals surface area (Å²) in [5, 5.41) is 0. The first kappa shape index (κ1) is 54.7. The Morgan fingerprint density at radius 2 is 0.753 bits per heavy atom. The van der Waals surface area contributed by atoms with Crippen molar-refractivity contribution in [2.45, 2.75) is 205 Å². The minimum Gasteiger partial charge on any atom is -0.334 e. The van der Waals surface area contributed by atoms with Crippen molar-refractivity contribution in [1.82, 2.24) is 0 Å². The molecule has 0 radical (unpaired) electrons. The van der Waals surface area contributed by atoms with Crippen LogP contribution in [0.25, 0.3) is 0 Å². The fourth-order valence-electron chi connectivity index (χ4n) is 18.0. The van der Waals surface area contributed by atoms with Gasteiger partial charge in [-0.2, -0.15) is 0 Å². The third-order valence-electron chi connectivity index (χ3n) is 23.8. The molecule has 3 heterocycles. The summed E-state index contributed by atoms with van der Waals surface area (Å²) in [6.45, 7) is 35.0. The van der Waals surface area contributed by atoms with Crippen molar-refractivity contribution < 1.29 is 0 Å². The van der Waals surface area contributed by atoms with Crippen molar-refractivity contribution in [3.63, 3.8) is 0 Å². The number of benzene rings is 8. The Labute approximate surface area is 509 Å². The maximum Gasteiger partial charge on any atom is 0.252 e. The summed E-state index contributed by atoms with van der Waals surface area (Å²) in [5.41, 5.74) is 28.3. The van der Waals surface area contributed by atoms with E-state index < -0.39 is 0 Å². The number of rotatable bonds is 6. The molecule has 85 heavy (non-hydrogen) atoms. The smallest absolute Gasteiger partial charge is 0.252 e. The van der Waals surface area contributed by atoms with Gasteiger partial charge in [-0.05, 0) is 231 Å². The Balaban J connectivity index is 1.09. The van der Waals surface area contributed by atoms with Gasteiger partial charge in [0.25, 0.3) is 6.71 Å². The molecule has 2 unspecified atom stereocenters. The minimum atomic E-state index is -0.0950. The Kier molecular flexibility index (Phi) is 11.8. The highest BCUT2D eigenvalue weighted by Crippen LogP contribution is 2.62. The number of nitrogens with zero attached hydrogens (tertiary/aromatic N) is 4. The first-order chi connectivity index (χ1) is 40.3. The van der Waals surface area contributed by atoms with Gasteiger partial charge in [-0.15, -0.1) is 0 Å². The SMILES string of the molecule is CC1(C)CCC(C)(C)c2cc(N3c4cc(N5c6ccccc6C6(C)CCCCC56C)ccc4B4c5cc6c(cc5N(c5ccc7c(c5)C(C)(C)CCC7(C)C)c5cc(N(c7ccccc7)c7ccccc7)cc3c54)C(C)(C)CCC6(C)C)ccc21. The van der Waals surface area contributed by atoms with Gasteiger partial charge in [0.2, 0.25) is 0 Å². The molecule has 4 nitrogen and oxygen atoms in total. The molecule has 0 N–H and O–H groups in total. The Hall–Kier alpha value is -6.98. The predicted molar refractivity (Wildman–Crippen MR) is 364 cm³/mol. The van der Waals surface area contributed by atoms with Gasteiger partial charge in [0.1, 0.15) is 0 Å². The number of fused-ring (bicyclic) bond motifs is 10. The second kappa shape index (κ2) is 18.3. The van der Waals surface area contributed by atoms with Crippen LogP contribution in [0.2, 0.25) is 0 Å². The highest BCUT2D eigenvalue weighted by Gasteiger charge is 2.58. The normalized spacial score (nSPS) is 23.5. The van der Waals surface area contributed by atoms with Gasteiger partial charge in [-0.3, -0.25) is 0 Å². The van der Waals surface area contributed by atoms with E-state index >= 15 is 0 Å². The summed E-state index contributed by atoms with van der Waals surface area (Å²) in [7, 11) is 0. The second-order valence-corrected chi connectivity index (χ2v) is 31.6. The lowest BCUT2D eigenvalue weighted by Gasteiger charge is -2.51. The fourth-order valence-corrected chi connectivity index (χ4v) is 18.0. The van der Waals surface area contributed by atoms with E-state index in [0.717, 1.165) is 49.2 Å². The summed E-state index contributed by atoms with van der Waals surface area (Å²) in [6, 6.07) is 65.4. The van der Waals surface area contributed by atoms with Crippen LogP contribution < -0.4 is 36.0 Å². The van der Waals surface area contributed by atoms with Crippen molar-refractivity contribution in [3.8, 4) is 0 Å². The average Bonchev–Trinajstić information content (AvgIpc) is 1.65. The van der Waals surface area contributed by atoms with Crippen LogP contribution in [-0.4, -0.2) is 12.3 Å². The molecule has 7 aliphatic rings. The summed E-state index contributed by atoms with van der Waals surface area (Å²) in [6.07, 6.45) is 11.8. The molecule has 4 aliphatic carbocycles. The van der Waals surface area contributed by atoms with Crippen LogP contribution in [0.5, 0.6) is 0 Å². The molecular weight excluding hydrogens is 1030 g/mol. The van der Waals surface area contributed by atoms with Crippen LogP contribution in [0, 0.1) is 0 Å². The number of anilines is 11. The van der Waals surface area contributed by atoms with Crippen LogP contribution in [0.3, 0.4) is 0 Å². The molecule has 0 amide bonds. The molecule has 8 aromatic carbocycles. The van der Waals surface area contributed by atoms with Gasteiger partial charge >= 0.3 is 0 Å². The van der Waals surface area contributed by atoms with Crippen molar-refractivity contribution in [1.29, 1.82) is 0 Å². The van der Waals surface area contributed by atoms with Gasteiger partial charge in [-0.25, -0.2) is 0 Å². The van der Waals surface area contributed by atoms with E-state index in [2.05, 4.69) is 280 Å². The predicted octanol–water partition coefficient (Wildman–Crippen LogP) is 20.0. The molecule has 0 bridgehead atoms. The standard InChI is InChI=1S/C80H89BN4/c1-73(2)39-41-75(5,6)61-45-54(31-34-58(61)73)83-68-47-56(85-67-30-22-21-29-60(67)79(13)37-23-24-38-80(79,85)14)33-36-65(68)81-66-50-63-64(78(11,12)44-43-77(63,9)10)51-69(66)84(55-32-35-59-62(46-55)76(7,8)42-40-74(59,3)4)71-49-57(48-70(83)72(71)81)82(52-25-17-15-18-26-52)53-27-19-16-20-28-53/h15-22,25-36,45-51H,23-24,37-44H2,1-14H3. The van der Waals surface area contributed by atoms with E-state index in [1.165, 1.54) is 133 Å². The van der Waals surface area contributed by atoms with Crippen LogP contribution in [0.1, 0.15) is 200 Å². The van der Waals surface area contributed by atoms with Crippen molar-refractivity contribution in [3.05, 3.63) is 203 Å². The van der Waals surface area contributed by atoms with Crippen molar-refractivity contribution in [2.24, 2.45) is 0 Å². The maximum atomic E-state index is 2.80. The molecule has 1 saturated carbocycles. The van der Waals surface area contributed by atoms with Crippen LogP contribution in [0.4, 0.5) is 62.6 Å². The number of para-hydroxylation sites is 3. The molecule has 432 valence electrons. The summed E-state index contributed by atoms with van der Waals surface area (Å²) >= 11 is 0. The molecule has 15 rings (SSSR count). The quantitative estimate of drug-likeness (QED) is 0.154. The lowest BCUT2D eigenvalue weighted by atomic mass is 9.33. The third-order valence-corrected chi connectivity index (χ3v) is 23.8. The Morgan fingerprint density at radius 1 is 0.318 bits per heavy atom. The van der Waals surface area contributed by atoms with E-state index in [1.54, 1.807) is 0 Å². The average molecular weight is 1120 g/mol. The van der Waals surface area contributed by atoms with Crippen LogP contribution in [0.15, 0.2) is 164 Å². The molecule has 2 atom stereocenters. The van der Waals surface area contributed by atoms with E-state index in [-0.39, 0.29) is 50.2 Å². The van der Waals surface area contributed by atoms with Gasteiger partial charge in [0, 0.05) is 62.3 Å². The highest BCUT2D eigenvalue weighted by molar-refractivity contribution is 7.00. The third kappa shape index (κ3) is 7.92. The van der Waals surface area contributed by atoms with Gasteiger partial charge < -0.3 is 19.6 Å². The zero-order chi connectivity index (χ0) is 59.2. The monoisotopic (exact) mass is 1120 g/mol. The van der Waals surface area contributed by atoms with Crippen LogP contribution >= 0.6 is 0 Å². The summed E-state index contributed by atoms with van der Waals surface area (Å²) in [5.74, 6) is 0. The van der Waals surface area contributed by atoms with E-state index in [1.807, 2.05) is 0 Å². The zero-order valence-corrected chi connectivity index (χ0v) is 53.5. The van der Waals surface area contributed by atoms with E-state index in [9.17, 15) is 0 Å². The molecule has 5 heteroatoms. The zero-order valence-electron chi connectivity index (χ0n) is 53.5. The Morgan fingerprint density at radius 3 is 1.28 bits per heavy atom. The van der Waals surface area contributed by atoms with E-state index in [0.29, 0.717) is 0 Å². The topological polar surface area (TPSA) is 13.0 Å². The molecule has 1 fully saturated rings. The maximum absolute atomic E-state index is 2.80. The first-order valence-corrected chi connectivity index (χ1v) is 32.5. The van der Waals surface area contributed by atoms with Crippen LogP contribution in [-0.2, 0) is 37.9 Å². The van der Waals surface area contributed by atoms with Crippen molar-refractivity contribution in [2.75, 3.05) is 19.6 Å². The lowest BCUT2D eigenvalue weighted by Crippen LogP contribution is -2.62. The number of hydrogen-bond donors (Lipinski definition) is 0. The van der Waals surface area contributed by atoms with Gasteiger partial charge in [0.15, 0.2) is 0 Å². The molecule has 0 aromatic heterocycles. The van der Waals surface area contributed by atoms with Gasteiger partial charge in [-0.1, -0.05) is 182 Å². The molecule has 0 spiro atoms. The number of hydrogen-bond acceptors (Lipinski definition) is 4. The molecular formula is C80H89BN4. The summed E-state index contributed by atoms with van der Waals surface area (Å²) in [4.78, 5) is 10.8. The minimum absolute atomic E-state index is 0.00115.